The molecule has 8 nitrogen and oxygen atoms in total. The lowest BCUT2D eigenvalue weighted by atomic mass is 9.93. The number of aromatic nitrogens is 2. The molecule has 0 amide bonds. The molecule has 0 saturated carbocycles. The van der Waals surface area contributed by atoms with Gasteiger partial charge in [0, 0.05) is 30.9 Å². The molecule has 178 valence electrons. The zero-order valence-electron chi connectivity index (χ0n) is 19.4. The Morgan fingerprint density at radius 3 is 2.62 bits per heavy atom. The van der Waals surface area contributed by atoms with E-state index >= 15 is 0 Å². The van der Waals surface area contributed by atoms with E-state index in [-0.39, 0.29) is 0 Å². The van der Waals surface area contributed by atoms with E-state index in [4.69, 9.17) is 0 Å². The first kappa shape index (κ1) is 23.7. The van der Waals surface area contributed by atoms with Crippen LogP contribution in [0.5, 0.6) is 0 Å². The molecule has 0 unspecified atom stereocenters. The topological polar surface area (TPSA) is 121 Å². The average molecular weight is 463 g/mol. The number of aromatic amines is 2. The maximum atomic E-state index is 12.7. The second kappa shape index (κ2) is 9.80. The second-order valence-electron chi connectivity index (χ2n) is 8.75. The lowest BCUT2D eigenvalue weighted by molar-refractivity contribution is -0.0425. The molecule has 0 aliphatic carbocycles. The fourth-order valence-corrected chi connectivity index (χ4v) is 4.37. The van der Waals surface area contributed by atoms with Gasteiger partial charge in [-0.25, -0.2) is 4.79 Å². The van der Waals surface area contributed by atoms with Crippen LogP contribution >= 0.6 is 0 Å². The monoisotopic (exact) mass is 462 g/mol. The highest BCUT2D eigenvalue weighted by atomic mass is 16.5. The quantitative estimate of drug-likeness (QED) is 0.284. The van der Waals surface area contributed by atoms with Gasteiger partial charge < -0.3 is 20.4 Å². The van der Waals surface area contributed by atoms with Crippen LogP contribution in [0, 0.1) is 13.8 Å². The van der Waals surface area contributed by atoms with Crippen molar-refractivity contribution in [2.75, 3.05) is 18.0 Å². The van der Waals surface area contributed by atoms with Crippen molar-refractivity contribution in [1.82, 2.24) is 15.3 Å². The summed E-state index contributed by atoms with van der Waals surface area (Å²) in [7, 11) is 0. The Morgan fingerprint density at radius 2 is 1.85 bits per heavy atom. The molecule has 0 fully saturated rings. The molecule has 5 N–H and O–H groups in total. The highest BCUT2D eigenvalue weighted by molar-refractivity contribution is 5.79. The lowest BCUT2D eigenvalue weighted by Gasteiger charge is -2.31. The molecule has 0 saturated heterocycles. The van der Waals surface area contributed by atoms with Gasteiger partial charge in [0.15, 0.2) is 6.29 Å². The Balaban J connectivity index is 1.66. The molecule has 1 aliphatic rings. The number of rotatable bonds is 6. The summed E-state index contributed by atoms with van der Waals surface area (Å²) in [6.45, 7) is 9.83. The summed E-state index contributed by atoms with van der Waals surface area (Å²) < 4.78 is 0. The van der Waals surface area contributed by atoms with E-state index in [1.165, 1.54) is 5.56 Å². The van der Waals surface area contributed by atoms with Crippen LogP contribution < -0.4 is 21.5 Å². The smallest absolute Gasteiger partial charge is 0.327 e. The first-order valence-electron chi connectivity index (χ1n) is 11.3. The summed E-state index contributed by atoms with van der Waals surface area (Å²) >= 11 is 0. The Labute approximate surface area is 197 Å². The summed E-state index contributed by atoms with van der Waals surface area (Å²) in [6.07, 6.45) is -0.145. The van der Waals surface area contributed by atoms with Gasteiger partial charge in [0.1, 0.15) is 5.82 Å². The van der Waals surface area contributed by atoms with Crippen molar-refractivity contribution in [2.24, 2.45) is 0 Å². The van der Waals surface area contributed by atoms with Crippen LogP contribution in [-0.2, 0) is 13.0 Å². The first-order chi connectivity index (χ1) is 16.2. The van der Waals surface area contributed by atoms with Crippen molar-refractivity contribution >= 4 is 17.1 Å². The molecule has 2 heterocycles. The van der Waals surface area contributed by atoms with Gasteiger partial charge in [-0.05, 0) is 66.6 Å². The molecule has 1 aliphatic heterocycles. The van der Waals surface area contributed by atoms with Crippen LogP contribution in [0.2, 0.25) is 0 Å². The SMILES string of the molecule is C=C1CCc2cc(C)c(C)cc2N(CCNCc2cccc(C(O)O)c2)c2[nH]c(=O)[nH]c(=O)c21. The average Bonchev–Trinajstić information content (AvgIpc) is 2.78. The number of anilines is 2. The Hall–Kier alpha value is -3.46. The molecular formula is C26H30N4O4. The summed E-state index contributed by atoms with van der Waals surface area (Å²) in [5, 5.41) is 22.2. The zero-order chi connectivity index (χ0) is 24.4. The third-order valence-corrected chi connectivity index (χ3v) is 6.32. The van der Waals surface area contributed by atoms with E-state index in [0.717, 1.165) is 28.8 Å². The molecule has 2 aromatic carbocycles. The molecule has 1 aromatic heterocycles. The molecular weight excluding hydrogens is 432 g/mol. The molecule has 8 heteroatoms. The minimum absolute atomic E-state index is 0.410. The van der Waals surface area contributed by atoms with Crippen molar-refractivity contribution in [2.45, 2.75) is 39.5 Å². The predicted octanol–water partition coefficient (Wildman–Crippen LogP) is 2.55. The van der Waals surface area contributed by atoms with Gasteiger partial charge in [-0.3, -0.25) is 14.8 Å². The molecule has 0 spiro atoms. The lowest BCUT2D eigenvalue weighted by Crippen LogP contribution is -2.36. The summed E-state index contributed by atoms with van der Waals surface area (Å²) in [5.74, 6) is 0.454. The molecule has 0 atom stereocenters. The number of benzene rings is 2. The number of hydrogen-bond acceptors (Lipinski definition) is 6. The summed E-state index contributed by atoms with van der Waals surface area (Å²) in [6, 6.07) is 11.4. The van der Waals surface area contributed by atoms with Gasteiger partial charge in [-0.15, -0.1) is 0 Å². The highest BCUT2D eigenvalue weighted by Crippen LogP contribution is 2.36. The number of H-pyrrole nitrogens is 2. The Morgan fingerprint density at radius 1 is 1.09 bits per heavy atom. The van der Waals surface area contributed by atoms with Crippen molar-refractivity contribution in [1.29, 1.82) is 0 Å². The zero-order valence-corrected chi connectivity index (χ0v) is 19.4. The molecule has 4 rings (SSSR count). The van der Waals surface area contributed by atoms with Crippen LogP contribution in [0.1, 0.15) is 46.1 Å². The first-order valence-corrected chi connectivity index (χ1v) is 11.3. The maximum Gasteiger partial charge on any atom is 0.327 e. The van der Waals surface area contributed by atoms with E-state index in [1.54, 1.807) is 18.2 Å². The van der Waals surface area contributed by atoms with Crippen LogP contribution in [0.3, 0.4) is 0 Å². The van der Waals surface area contributed by atoms with Gasteiger partial charge in [0.25, 0.3) is 5.56 Å². The van der Waals surface area contributed by atoms with E-state index in [2.05, 4.69) is 40.9 Å². The van der Waals surface area contributed by atoms with Crippen LogP contribution in [0.15, 0.2) is 52.6 Å². The fraction of sp³-hybridized carbons (Fsp3) is 0.308. The largest absolute Gasteiger partial charge is 0.364 e. The summed E-state index contributed by atoms with van der Waals surface area (Å²) in [5.41, 5.74) is 5.88. The van der Waals surface area contributed by atoms with Crippen molar-refractivity contribution in [3.63, 3.8) is 0 Å². The number of aliphatic hydroxyl groups is 2. The van der Waals surface area contributed by atoms with Crippen LogP contribution in [-0.4, -0.2) is 33.3 Å². The standard InChI is InChI=1S/C26H30N4O4/c1-15-7-8-19-11-16(2)17(3)12-21(19)30(23-22(15)24(31)29-26(34)28-23)10-9-27-14-18-5-4-6-20(13-18)25(32)33/h4-6,11-13,25,27,32-33H,1,7-10,14H2,2-3H3,(H2,28,29,31,34). The number of fused-ring (bicyclic) bond motifs is 2. The van der Waals surface area contributed by atoms with Crippen LogP contribution in [0.4, 0.5) is 11.5 Å². The van der Waals surface area contributed by atoms with Crippen LogP contribution in [0.25, 0.3) is 5.57 Å². The van der Waals surface area contributed by atoms with Crippen molar-refractivity contribution in [3.05, 3.63) is 97.2 Å². The van der Waals surface area contributed by atoms with Gasteiger partial charge in [0.2, 0.25) is 0 Å². The van der Waals surface area contributed by atoms with Gasteiger partial charge in [-0.1, -0.05) is 30.8 Å². The van der Waals surface area contributed by atoms with E-state index in [1.807, 2.05) is 17.9 Å². The highest BCUT2D eigenvalue weighted by Gasteiger charge is 2.25. The number of aryl methyl sites for hydroxylation is 3. The number of hydrogen-bond donors (Lipinski definition) is 5. The normalized spacial score (nSPS) is 13.4. The predicted molar refractivity (Wildman–Crippen MR) is 133 cm³/mol. The van der Waals surface area contributed by atoms with E-state index in [9.17, 15) is 19.8 Å². The van der Waals surface area contributed by atoms with E-state index < -0.39 is 17.5 Å². The van der Waals surface area contributed by atoms with Crippen molar-refractivity contribution < 1.29 is 10.2 Å². The maximum absolute atomic E-state index is 12.7. The number of allylic oxidation sites excluding steroid dienone is 1. The Bertz CT molecular complexity index is 1340. The minimum Gasteiger partial charge on any atom is -0.364 e. The molecule has 0 bridgehead atoms. The second-order valence-corrected chi connectivity index (χ2v) is 8.75. The molecule has 34 heavy (non-hydrogen) atoms. The van der Waals surface area contributed by atoms with Crippen molar-refractivity contribution in [3.8, 4) is 0 Å². The van der Waals surface area contributed by atoms with Gasteiger partial charge in [-0.2, -0.15) is 0 Å². The minimum atomic E-state index is -1.51. The Kier molecular flexibility index (Phi) is 6.83. The number of nitrogens with one attached hydrogen (secondary N) is 3. The molecule has 0 radical (unpaired) electrons. The number of aliphatic hydroxyl groups excluding tert-OH is 1. The molecule has 3 aromatic rings. The van der Waals surface area contributed by atoms with E-state index in [0.29, 0.717) is 48.6 Å². The van der Waals surface area contributed by atoms with Gasteiger partial charge >= 0.3 is 5.69 Å². The fourth-order valence-electron chi connectivity index (χ4n) is 4.37. The third kappa shape index (κ3) is 4.89. The summed E-state index contributed by atoms with van der Waals surface area (Å²) in [4.78, 5) is 32.1. The number of nitrogens with zero attached hydrogens (tertiary/aromatic N) is 1. The van der Waals surface area contributed by atoms with Gasteiger partial charge in [0.05, 0.1) is 5.56 Å². The third-order valence-electron chi connectivity index (χ3n) is 6.32.